The number of hydrogen-bond acceptors (Lipinski definition) is 4. The van der Waals surface area contributed by atoms with Gasteiger partial charge in [0.05, 0.1) is 0 Å². The molecule has 0 aromatic heterocycles. The maximum Gasteiger partial charge on any atom is 0.343 e. The molecule has 0 saturated carbocycles. The van der Waals surface area contributed by atoms with E-state index in [4.69, 9.17) is 4.74 Å². The number of ether oxygens (including phenoxy) is 1. The molecule has 2 N–H and O–H groups in total. The van der Waals surface area contributed by atoms with Gasteiger partial charge in [-0.3, -0.25) is 4.79 Å². The number of phenolic OH excluding ortho intramolecular Hbond substituents is 1. The standard InChI is InChI=1S/C22H18FNO4/c1-14-7-12-18(19(25)13-14)22(27)28-20(15-5-3-2-4-6-15)21(26)24-17-10-8-16(23)9-11-17/h2-13,20,25H,1H3,(H,24,26). The maximum atomic E-state index is 13.1. The van der Waals surface area contributed by atoms with Crippen LogP contribution in [0.25, 0.3) is 0 Å². The van der Waals surface area contributed by atoms with E-state index < -0.39 is 23.8 Å². The van der Waals surface area contributed by atoms with Crippen molar-refractivity contribution >= 4 is 17.6 Å². The second-order valence-corrected chi connectivity index (χ2v) is 6.21. The number of nitrogens with one attached hydrogen (secondary N) is 1. The fraction of sp³-hybridized carbons (Fsp3) is 0.0909. The third kappa shape index (κ3) is 4.54. The minimum atomic E-state index is -1.25. The lowest BCUT2D eigenvalue weighted by Gasteiger charge is -2.18. The molecule has 0 saturated heterocycles. The van der Waals surface area contributed by atoms with Crippen molar-refractivity contribution in [1.82, 2.24) is 0 Å². The third-order valence-electron chi connectivity index (χ3n) is 4.05. The first kappa shape index (κ1) is 19.1. The second-order valence-electron chi connectivity index (χ2n) is 6.21. The molecule has 3 aromatic carbocycles. The second kappa shape index (κ2) is 8.35. The number of hydrogen-bond donors (Lipinski definition) is 2. The van der Waals surface area contributed by atoms with Crippen LogP contribution < -0.4 is 5.32 Å². The number of halogens is 1. The first-order valence-corrected chi connectivity index (χ1v) is 8.56. The van der Waals surface area contributed by atoms with Gasteiger partial charge in [-0.1, -0.05) is 36.4 Å². The van der Waals surface area contributed by atoms with Crippen LogP contribution in [0.4, 0.5) is 10.1 Å². The molecule has 0 heterocycles. The van der Waals surface area contributed by atoms with E-state index in [-0.39, 0.29) is 11.3 Å². The molecule has 142 valence electrons. The van der Waals surface area contributed by atoms with Crippen LogP contribution in [-0.2, 0) is 9.53 Å². The van der Waals surface area contributed by atoms with Crippen molar-refractivity contribution in [3.63, 3.8) is 0 Å². The quantitative estimate of drug-likeness (QED) is 0.645. The van der Waals surface area contributed by atoms with Crippen molar-refractivity contribution in [3.8, 4) is 5.75 Å². The van der Waals surface area contributed by atoms with Gasteiger partial charge in [0.2, 0.25) is 6.10 Å². The van der Waals surface area contributed by atoms with Gasteiger partial charge >= 0.3 is 5.97 Å². The number of anilines is 1. The molecule has 1 amide bonds. The zero-order chi connectivity index (χ0) is 20.1. The van der Waals surface area contributed by atoms with E-state index in [9.17, 15) is 19.1 Å². The summed E-state index contributed by atoms with van der Waals surface area (Å²) in [4.78, 5) is 25.3. The average molecular weight is 379 g/mol. The fourth-order valence-electron chi connectivity index (χ4n) is 2.63. The molecule has 1 unspecified atom stereocenters. The van der Waals surface area contributed by atoms with Gasteiger partial charge < -0.3 is 15.2 Å². The summed E-state index contributed by atoms with van der Waals surface area (Å²) in [5, 5.41) is 12.6. The molecule has 28 heavy (non-hydrogen) atoms. The van der Waals surface area contributed by atoms with Crippen molar-refractivity contribution in [2.75, 3.05) is 5.32 Å². The van der Waals surface area contributed by atoms with Crippen molar-refractivity contribution in [2.24, 2.45) is 0 Å². The Bertz CT molecular complexity index is 987. The van der Waals surface area contributed by atoms with Crippen LogP contribution in [0.2, 0.25) is 0 Å². The highest BCUT2D eigenvalue weighted by molar-refractivity contribution is 5.99. The molecule has 0 aliphatic carbocycles. The zero-order valence-electron chi connectivity index (χ0n) is 15.1. The van der Waals surface area contributed by atoms with Crippen LogP contribution in [-0.4, -0.2) is 17.0 Å². The average Bonchev–Trinajstić information content (AvgIpc) is 2.68. The Morgan fingerprint density at radius 3 is 2.32 bits per heavy atom. The fourth-order valence-corrected chi connectivity index (χ4v) is 2.63. The Labute approximate surface area is 161 Å². The number of carbonyl (C=O) groups is 2. The lowest BCUT2D eigenvalue weighted by molar-refractivity contribution is -0.125. The van der Waals surface area contributed by atoms with Gasteiger partial charge in [-0.05, 0) is 48.9 Å². The van der Waals surface area contributed by atoms with Crippen LogP contribution in [0.3, 0.4) is 0 Å². The summed E-state index contributed by atoms with van der Waals surface area (Å²) >= 11 is 0. The monoisotopic (exact) mass is 379 g/mol. The normalized spacial score (nSPS) is 11.5. The summed E-state index contributed by atoms with van der Waals surface area (Å²) in [6, 6.07) is 18.3. The number of aryl methyl sites for hydroxylation is 1. The molecule has 0 bridgehead atoms. The topological polar surface area (TPSA) is 75.6 Å². The smallest absolute Gasteiger partial charge is 0.343 e. The summed E-state index contributed by atoms with van der Waals surface area (Å²) in [5.41, 5.74) is 1.56. The predicted octanol–water partition coefficient (Wildman–Crippen LogP) is 4.38. The highest BCUT2D eigenvalue weighted by atomic mass is 19.1. The Morgan fingerprint density at radius 1 is 1.00 bits per heavy atom. The summed E-state index contributed by atoms with van der Waals surface area (Å²) < 4.78 is 18.5. The number of aromatic hydroxyl groups is 1. The van der Waals surface area contributed by atoms with Gasteiger partial charge in [-0.25, -0.2) is 9.18 Å². The van der Waals surface area contributed by atoms with E-state index in [1.54, 1.807) is 43.3 Å². The van der Waals surface area contributed by atoms with Crippen molar-refractivity contribution in [2.45, 2.75) is 13.0 Å². The van der Waals surface area contributed by atoms with Crippen molar-refractivity contribution in [1.29, 1.82) is 0 Å². The predicted molar refractivity (Wildman–Crippen MR) is 102 cm³/mol. The third-order valence-corrected chi connectivity index (χ3v) is 4.05. The van der Waals surface area contributed by atoms with E-state index in [1.165, 1.54) is 36.4 Å². The molecular weight excluding hydrogens is 361 g/mol. The molecule has 0 aliphatic rings. The molecule has 3 aromatic rings. The van der Waals surface area contributed by atoms with Gasteiger partial charge in [0.1, 0.15) is 17.1 Å². The van der Waals surface area contributed by atoms with Crippen molar-refractivity contribution < 1.29 is 23.8 Å². The Hall–Kier alpha value is -3.67. The van der Waals surface area contributed by atoms with Crippen LogP contribution in [0.15, 0.2) is 72.8 Å². The molecule has 5 nitrogen and oxygen atoms in total. The summed E-state index contributed by atoms with van der Waals surface area (Å²) in [7, 11) is 0. The number of amides is 1. The lowest BCUT2D eigenvalue weighted by Crippen LogP contribution is -2.26. The zero-order valence-corrected chi connectivity index (χ0v) is 15.1. The Balaban J connectivity index is 1.85. The maximum absolute atomic E-state index is 13.1. The summed E-state index contributed by atoms with van der Waals surface area (Å²) in [6.07, 6.45) is -1.25. The molecule has 0 fully saturated rings. The van der Waals surface area contributed by atoms with E-state index >= 15 is 0 Å². The first-order valence-electron chi connectivity index (χ1n) is 8.56. The van der Waals surface area contributed by atoms with Crippen LogP contribution in [0, 0.1) is 12.7 Å². The summed E-state index contributed by atoms with van der Waals surface area (Å²) in [6.45, 7) is 1.78. The minimum absolute atomic E-state index is 0.0406. The van der Waals surface area contributed by atoms with E-state index in [2.05, 4.69) is 5.32 Å². The highest BCUT2D eigenvalue weighted by Gasteiger charge is 2.27. The lowest BCUT2D eigenvalue weighted by atomic mass is 10.1. The largest absolute Gasteiger partial charge is 0.507 e. The van der Waals surface area contributed by atoms with Gasteiger partial charge in [-0.15, -0.1) is 0 Å². The van der Waals surface area contributed by atoms with Crippen LogP contribution in [0.5, 0.6) is 5.75 Å². The highest BCUT2D eigenvalue weighted by Crippen LogP contribution is 2.25. The number of phenols is 1. The number of esters is 1. The van der Waals surface area contributed by atoms with Gasteiger partial charge in [-0.2, -0.15) is 0 Å². The van der Waals surface area contributed by atoms with E-state index in [0.29, 0.717) is 11.3 Å². The van der Waals surface area contributed by atoms with Crippen LogP contribution in [0.1, 0.15) is 27.6 Å². The van der Waals surface area contributed by atoms with E-state index in [0.717, 1.165) is 5.56 Å². The molecule has 0 spiro atoms. The van der Waals surface area contributed by atoms with E-state index in [1.807, 2.05) is 0 Å². The van der Waals surface area contributed by atoms with Gasteiger partial charge in [0.15, 0.2) is 0 Å². The molecule has 0 radical (unpaired) electrons. The molecule has 0 aliphatic heterocycles. The number of benzene rings is 3. The van der Waals surface area contributed by atoms with Gasteiger partial charge in [0.25, 0.3) is 5.91 Å². The molecule has 6 heteroatoms. The minimum Gasteiger partial charge on any atom is -0.507 e. The Kier molecular flexibility index (Phi) is 5.69. The number of rotatable bonds is 5. The molecule has 1 atom stereocenters. The molecular formula is C22H18FNO4. The SMILES string of the molecule is Cc1ccc(C(=O)OC(C(=O)Nc2ccc(F)cc2)c2ccccc2)c(O)c1. The Morgan fingerprint density at radius 2 is 1.68 bits per heavy atom. The van der Waals surface area contributed by atoms with Crippen molar-refractivity contribution in [3.05, 3.63) is 95.3 Å². The summed E-state index contributed by atoms with van der Waals surface area (Å²) in [5.74, 6) is -2.09. The number of carbonyl (C=O) groups excluding carboxylic acids is 2. The van der Waals surface area contributed by atoms with Gasteiger partial charge in [0, 0.05) is 11.3 Å². The molecule has 3 rings (SSSR count). The van der Waals surface area contributed by atoms with Crippen LogP contribution >= 0.6 is 0 Å². The first-order chi connectivity index (χ1) is 13.4.